The molecule has 2 fully saturated rings. The first-order valence-corrected chi connectivity index (χ1v) is 8.98. The number of imide groups is 1. The van der Waals surface area contributed by atoms with Crippen molar-refractivity contribution in [3.05, 3.63) is 24.3 Å². The maximum atomic E-state index is 11.8. The first-order valence-electron chi connectivity index (χ1n) is 8.98. The molecule has 0 aromatic heterocycles. The zero-order valence-corrected chi connectivity index (χ0v) is 14.5. The normalized spacial score (nSPS) is 22.6. The topological polar surface area (TPSA) is 61.4 Å². The molecule has 5 heteroatoms. The van der Waals surface area contributed by atoms with Crippen LogP contribution in [0.4, 0.5) is 11.4 Å². The Balaban J connectivity index is 1.56. The molecule has 1 aromatic rings. The van der Waals surface area contributed by atoms with Crippen molar-refractivity contribution in [1.82, 2.24) is 5.32 Å². The number of carbonyl (C=O) groups excluding carboxylic acids is 2. The van der Waals surface area contributed by atoms with E-state index in [1.807, 2.05) is 12.1 Å². The van der Waals surface area contributed by atoms with Gasteiger partial charge in [0.05, 0.1) is 0 Å². The van der Waals surface area contributed by atoms with E-state index >= 15 is 0 Å². The molecular weight excluding hydrogens is 302 g/mol. The van der Waals surface area contributed by atoms with E-state index in [2.05, 4.69) is 41.5 Å². The van der Waals surface area contributed by atoms with Crippen molar-refractivity contribution in [2.75, 3.05) is 23.3 Å². The molecule has 1 atom stereocenters. The number of nitrogens with one attached hydrogen (secondary N) is 2. The van der Waals surface area contributed by atoms with Crippen molar-refractivity contribution in [3.63, 3.8) is 0 Å². The Morgan fingerprint density at radius 2 is 1.75 bits per heavy atom. The summed E-state index contributed by atoms with van der Waals surface area (Å²) in [7, 11) is 0. The van der Waals surface area contributed by atoms with Crippen LogP contribution in [0.3, 0.4) is 0 Å². The summed E-state index contributed by atoms with van der Waals surface area (Å²) in [6.07, 6.45) is 3.46. The fourth-order valence-corrected chi connectivity index (χ4v) is 3.63. The Labute approximate surface area is 143 Å². The van der Waals surface area contributed by atoms with Crippen LogP contribution in [-0.2, 0) is 9.59 Å². The SMILES string of the molecule is CC(C)C1CCN(c2ccc(NC3CCC(=O)NC3=O)cc2)CC1. The largest absolute Gasteiger partial charge is 0.374 e. The fourth-order valence-electron chi connectivity index (χ4n) is 3.63. The highest BCUT2D eigenvalue weighted by Crippen LogP contribution is 2.28. The van der Waals surface area contributed by atoms with Gasteiger partial charge >= 0.3 is 0 Å². The molecule has 2 heterocycles. The number of amides is 2. The molecule has 2 aliphatic rings. The molecule has 0 spiro atoms. The Bertz CT molecular complexity index is 589. The number of anilines is 2. The minimum Gasteiger partial charge on any atom is -0.374 e. The highest BCUT2D eigenvalue weighted by molar-refractivity contribution is 6.01. The number of benzene rings is 1. The summed E-state index contributed by atoms with van der Waals surface area (Å²) in [6.45, 7) is 6.86. The summed E-state index contributed by atoms with van der Waals surface area (Å²) < 4.78 is 0. The van der Waals surface area contributed by atoms with Crippen LogP contribution < -0.4 is 15.5 Å². The van der Waals surface area contributed by atoms with Crippen LogP contribution in [0.5, 0.6) is 0 Å². The second-order valence-corrected chi connectivity index (χ2v) is 7.26. The van der Waals surface area contributed by atoms with Crippen LogP contribution in [0, 0.1) is 11.8 Å². The van der Waals surface area contributed by atoms with Crippen LogP contribution in [0.25, 0.3) is 0 Å². The molecule has 0 bridgehead atoms. The van der Waals surface area contributed by atoms with Gasteiger partial charge in [-0.2, -0.15) is 0 Å². The second-order valence-electron chi connectivity index (χ2n) is 7.26. The first kappa shape index (κ1) is 16.8. The lowest BCUT2D eigenvalue weighted by molar-refractivity contribution is -0.133. The molecule has 3 rings (SSSR count). The lowest BCUT2D eigenvalue weighted by Gasteiger charge is -2.35. The van der Waals surface area contributed by atoms with Gasteiger partial charge in [-0.1, -0.05) is 13.8 Å². The van der Waals surface area contributed by atoms with E-state index in [0.717, 1.165) is 30.6 Å². The molecule has 24 heavy (non-hydrogen) atoms. The fraction of sp³-hybridized carbons (Fsp3) is 0.579. The third-order valence-electron chi connectivity index (χ3n) is 5.29. The molecule has 0 radical (unpaired) electrons. The third kappa shape index (κ3) is 3.89. The summed E-state index contributed by atoms with van der Waals surface area (Å²) in [5.74, 6) is 1.20. The molecule has 2 aliphatic heterocycles. The molecule has 0 aliphatic carbocycles. The van der Waals surface area contributed by atoms with Gasteiger partial charge in [-0.25, -0.2) is 0 Å². The molecule has 2 N–H and O–H groups in total. The zero-order chi connectivity index (χ0) is 17.1. The number of hydrogen-bond acceptors (Lipinski definition) is 4. The number of carbonyl (C=O) groups is 2. The Hall–Kier alpha value is -2.04. The third-order valence-corrected chi connectivity index (χ3v) is 5.29. The van der Waals surface area contributed by atoms with Crippen molar-refractivity contribution in [1.29, 1.82) is 0 Å². The number of nitrogens with zero attached hydrogens (tertiary/aromatic N) is 1. The molecule has 1 aromatic carbocycles. The Kier molecular flexibility index (Phi) is 5.07. The van der Waals surface area contributed by atoms with E-state index < -0.39 is 0 Å². The lowest BCUT2D eigenvalue weighted by atomic mass is 9.86. The van der Waals surface area contributed by atoms with E-state index in [4.69, 9.17) is 0 Å². The monoisotopic (exact) mass is 329 g/mol. The standard InChI is InChI=1S/C19H27N3O2/c1-13(2)14-9-11-22(12-10-14)16-5-3-15(4-6-16)20-17-7-8-18(23)21-19(17)24/h3-6,13-14,17,20H,7-12H2,1-2H3,(H,21,23,24). The summed E-state index contributed by atoms with van der Waals surface area (Å²) in [4.78, 5) is 25.4. The second kappa shape index (κ2) is 7.24. The molecule has 5 nitrogen and oxygen atoms in total. The maximum absolute atomic E-state index is 11.8. The van der Waals surface area contributed by atoms with Gasteiger partial charge in [-0.05, 0) is 55.4 Å². The van der Waals surface area contributed by atoms with E-state index in [1.165, 1.54) is 18.5 Å². The first-order chi connectivity index (χ1) is 11.5. The molecular formula is C19H27N3O2. The van der Waals surface area contributed by atoms with Crippen LogP contribution in [0.15, 0.2) is 24.3 Å². The van der Waals surface area contributed by atoms with Crippen LogP contribution in [0.1, 0.15) is 39.5 Å². The smallest absolute Gasteiger partial charge is 0.249 e. The molecule has 2 amide bonds. The predicted octanol–water partition coefficient (Wildman–Crippen LogP) is 2.78. The Morgan fingerprint density at radius 3 is 2.33 bits per heavy atom. The van der Waals surface area contributed by atoms with E-state index in [1.54, 1.807) is 0 Å². The number of piperidine rings is 2. The van der Waals surface area contributed by atoms with Gasteiger partial charge in [0.15, 0.2) is 0 Å². The van der Waals surface area contributed by atoms with Crippen molar-refractivity contribution >= 4 is 23.2 Å². The van der Waals surface area contributed by atoms with Crippen molar-refractivity contribution < 1.29 is 9.59 Å². The van der Waals surface area contributed by atoms with Crippen LogP contribution in [0.2, 0.25) is 0 Å². The van der Waals surface area contributed by atoms with Gasteiger partial charge in [0, 0.05) is 30.9 Å². The van der Waals surface area contributed by atoms with E-state index in [-0.39, 0.29) is 17.9 Å². The van der Waals surface area contributed by atoms with Crippen molar-refractivity contribution in [3.8, 4) is 0 Å². The summed E-state index contributed by atoms with van der Waals surface area (Å²) in [6, 6.07) is 7.95. The van der Waals surface area contributed by atoms with Gasteiger partial charge in [0.2, 0.25) is 11.8 Å². The van der Waals surface area contributed by atoms with Gasteiger partial charge in [0.1, 0.15) is 6.04 Å². The zero-order valence-electron chi connectivity index (χ0n) is 14.5. The quantitative estimate of drug-likeness (QED) is 0.834. The van der Waals surface area contributed by atoms with E-state index in [9.17, 15) is 9.59 Å². The highest BCUT2D eigenvalue weighted by atomic mass is 16.2. The number of hydrogen-bond donors (Lipinski definition) is 2. The van der Waals surface area contributed by atoms with Gasteiger partial charge in [-0.3, -0.25) is 14.9 Å². The summed E-state index contributed by atoms with van der Waals surface area (Å²) in [5, 5.41) is 5.60. The van der Waals surface area contributed by atoms with Crippen LogP contribution >= 0.6 is 0 Å². The minimum absolute atomic E-state index is 0.182. The minimum atomic E-state index is -0.324. The average Bonchev–Trinajstić information content (AvgIpc) is 2.58. The summed E-state index contributed by atoms with van der Waals surface area (Å²) in [5.41, 5.74) is 2.16. The molecule has 2 saturated heterocycles. The maximum Gasteiger partial charge on any atom is 0.249 e. The van der Waals surface area contributed by atoms with Gasteiger partial charge in [-0.15, -0.1) is 0 Å². The molecule has 130 valence electrons. The molecule has 0 saturated carbocycles. The van der Waals surface area contributed by atoms with Gasteiger partial charge in [0.25, 0.3) is 0 Å². The van der Waals surface area contributed by atoms with Crippen LogP contribution in [-0.4, -0.2) is 30.9 Å². The van der Waals surface area contributed by atoms with E-state index in [0.29, 0.717) is 12.8 Å². The van der Waals surface area contributed by atoms with Crippen molar-refractivity contribution in [2.45, 2.75) is 45.6 Å². The lowest BCUT2D eigenvalue weighted by Crippen LogP contribution is -2.47. The van der Waals surface area contributed by atoms with Crippen molar-refractivity contribution in [2.24, 2.45) is 11.8 Å². The number of rotatable bonds is 4. The predicted molar refractivity (Wildman–Crippen MR) is 96.0 cm³/mol. The van der Waals surface area contributed by atoms with Gasteiger partial charge < -0.3 is 10.2 Å². The summed E-state index contributed by atoms with van der Waals surface area (Å²) >= 11 is 0. The Morgan fingerprint density at radius 1 is 1.08 bits per heavy atom. The molecule has 1 unspecified atom stereocenters. The highest BCUT2D eigenvalue weighted by Gasteiger charge is 2.26. The average molecular weight is 329 g/mol.